The molecule has 0 rings (SSSR count). The quantitative estimate of drug-likeness (QED) is 0.378. The van der Waals surface area contributed by atoms with Crippen LogP contribution in [0.2, 0.25) is 0 Å². The molecule has 0 fully saturated rings. The van der Waals surface area contributed by atoms with Gasteiger partial charge in [0, 0.05) is 12.5 Å². The second-order valence-electron chi connectivity index (χ2n) is 5.55. The molecule has 0 aliphatic carbocycles. The Bertz CT molecular complexity index is 209. The first-order chi connectivity index (χ1) is 9.74. The predicted molar refractivity (Wildman–Crippen MR) is 85.9 cm³/mol. The second kappa shape index (κ2) is 14.8. The summed E-state index contributed by atoms with van der Waals surface area (Å²) >= 11 is 0. The van der Waals surface area contributed by atoms with E-state index in [4.69, 9.17) is 4.74 Å². The summed E-state index contributed by atoms with van der Waals surface area (Å²) < 4.78 is 4.94. The Balaban J connectivity index is 3.74. The zero-order valence-corrected chi connectivity index (χ0v) is 13.9. The molecule has 0 unspecified atom stereocenters. The molecule has 0 aromatic carbocycles. The summed E-state index contributed by atoms with van der Waals surface area (Å²) in [6.45, 7) is 7.77. The molecule has 0 saturated carbocycles. The van der Waals surface area contributed by atoms with Crippen molar-refractivity contribution in [1.82, 2.24) is 5.32 Å². The number of carbonyl (C=O) groups excluding carboxylic acids is 1. The van der Waals surface area contributed by atoms with E-state index in [1.54, 1.807) is 0 Å². The van der Waals surface area contributed by atoms with Crippen LogP contribution in [0.4, 0.5) is 0 Å². The van der Waals surface area contributed by atoms with Crippen LogP contribution in [0.5, 0.6) is 0 Å². The van der Waals surface area contributed by atoms with Gasteiger partial charge in [-0.1, -0.05) is 52.4 Å². The van der Waals surface area contributed by atoms with Crippen LogP contribution in [-0.4, -0.2) is 25.2 Å². The van der Waals surface area contributed by atoms with Gasteiger partial charge in [0.1, 0.15) is 0 Å². The van der Waals surface area contributed by atoms with Crippen molar-refractivity contribution in [1.29, 1.82) is 0 Å². The normalized spacial score (nSPS) is 11.0. The molecule has 0 aromatic heterocycles. The average molecular weight is 285 g/mol. The topological polar surface area (TPSA) is 38.3 Å². The Kier molecular flexibility index (Phi) is 14.4. The molecule has 0 radical (unpaired) electrons. The van der Waals surface area contributed by atoms with Crippen LogP contribution >= 0.6 is 0 Å². The first-order valence-corrected chi connectivity index (χ1v) is 8.63. The second-order valence-corrected chi connectivity index (χ2v) is 5.55. The van der Waals surface area contributed by atoms with Gasteiger partial charge in [0.15, 0.2) is 0 Å². The Morgan fingerprint density at radius 2 is 1.55 bits per heavy atom. The lowest BCUT2D eigenvalue weighted by molar-refractivity contribution is -0.143. The summed E-state index contributed by atoms with van der Waals surface area (Å²) in [7, 11) is 0. The number of ether oxygens (including phenoxy) is 1. The van der Waals surface area contributed by atoms with Gasteiger partial charge in [-0.15, -0.1) is 0 Å². The highest BCUT2D eigenvalue weighted by atomic mass is 16.5. The van der Waals surface area contributed by atoms with E-state index in [-0.39, 0.29) is 5.97 Å². The van der Waals surface area contributed by atoms with E-state index in [0.717, 1.165) is 13.0 Å². The first-order valence-electron chi connectivity index (χ1n) is 8.63. The fraction of sp³-hybridized carbons (Fsp3) is 0.941. The third-order valence-corrected chi connectivity index (χ3v) is 3.61. The van der Waals surface area contributed by atoms with E-state index in [0.29, 0.717) is 19.1 Å². The minimum Gasteiger partial charge on any atom is -0.466 e. The van der Waals surface area contributed by atoms with Crippen LogP contribution < -0.4 is 5.32 Å². The lowest BCUT2D eigenvalue weighted by atomic mass is 10.0. The largest absolute Gasteiger partial charge is 0.466 e. The predicted octanol–water partition coefficient (Wildman–Crippen LogP) is 4.45. The lowest BCUT2D eigenvalue weighted by Gasteiger charge is -2.18. The SMILES string of the molecule is CCCCCC(CCCCC)NCCCC(=O)OCC. The molecule has 3 nitrogen and oxygen atoms in total. The minimum atomic E-state index is -0.0668. The molecule has 0 spiro atoms. The number of nitrogens with one attached hydrogen (secondary N) is 1. The van der Waals surface area contributed by atoms with E-state index in [1.165, 1.54) is 51.4 Å². The number of hydrogen-bond acceptors (Lipinski definition) is 3. The van der Waals surface area contributed by atoms with Crippen LogP contribution in [-0.2, 0) is 9.53 Å². The van der Waals surface area contributed by atoms with Gasteiger partial charge in [-0.25, -0.2) is 0 Å². The van der Waals surface area contributed by atoms with Crippen LogP contribution in [0, 0.1) is 0 Å². The molecule has 0 aromatic rings. The van der Waals surface area contributed by atoms with Gasteiger partial charge < -0.3 is 10.1 Å². The number of carbonyl (C=O) groups is 1. The van der Waals surface area contributed by atoms with Crippen molar-refractivity contribution in [2.75, 3.05) is 13.2 Å². The lowest BCUT2D eigenvalue weighted by Crippen LogP contribution is -2.30. The van der Waals surface area contributed by atoms with Gasteiger partial charge in [0.05, 0.1) is 6.61 Å². The van der Waals surface area contributed by atoms with Gasteiger partial charge in [-0.05, 0) is 32.7 Å². The van der Waals surface area contributed by atoms with Gasteiger partial charge in [0.2, 0.25) is 0 Å². The smallest absolute Gasteiger partial charge is 0.305 e. The van der Waals surface area contributed by atoms with Gasteiger partial charge in [-0.3, -0.25) is 4.79 Å². The molecule has 0 saturated heterocycles. The van der Waals surface area contributed by atoms with E-state index < -0.39 is 0 Å². The highest BCUT2D eigenvalue weighted by Gasteiger charge is 2.08. The summed E-state index contributed by atoms with van der Waals surface area (Å²) in [5.41, 5.74) is 0. The summed E-state index contributed by atoms with van der Waals surface area (Å²) in [5.74, 6) is -0.0668. The maximum atomic E-state index is 11.3. The van der Waals surface area contributed by atoms with Crippen molar-refractivity contribution in [2.24, 2.45) is 0 Å². The molecule has 0 amide bonds. The average Bonchev–Trinajstić information content (AvgIpc) is 2.43. The van der Waals surface area contributed by atoms with Crippen molar-refractivity contribution in [3.8, 4) is 0 Å². The van der Waals surface area contributed by atoms with Crippen LogP contribution in [0.25, 0.3) is 0 Å². The molecular formula is C17H35NO2. The molecular weight excluding hydrogens is 250 g/mol. The van der Waals surface area contributed by atoms with Crippen molar-refractivity contribution in [2.45, 2.75) is 91.0 Å². The van der Waals surface area contributed by atoms with Crippen LogP contribution in [0.3, 0.4) is 0 Å². The highest BCUT2D eigenvalue weighted by molar-refractivity contribution is 5.69. The summed E-state index contributed by atoms with van der Waals surface area (Å²) in [6, 6.07) is 0.635. The number of esters is 1. The molecule has 0 aliphatic rings. The van der Waals surface area contributed by atoms with Crippen LogP contribution in [0.1, 0.15) is 85.0 Å². The Labute approximate surface area is 125 Å². The van der Waals surface area contributed by atoms with Gasteiger partial charge in [0.25, 0.3) is 0 Å². The monoisotopic (exact) mass is 285 g/mol. The maximum absolute atomic E-state index is 11.3. The summed E-state index contributed by atoms with van der Waals surface area (Å²) in [5, 5.41) is 3.63. The van der Waals surface area contributed by atoms with Gasteiger partial charge in [-0.2, -0.15) is 0 Å². The number of rotatable bonds is 14. The highest BCUT2D eigenvalue weighted by Crippen LogP contribution is 2.11. The fourth-order valence-electron chi connectivity index (χ4n) is 2.40. The molecule has 0 atom stereocenters. The van der Waals surface area contributed by atoms with Crippen LogP contribution in [0.15, 0.2) is 0 Å². The molecule has 3 heteroatoms. The molecule has 0 aliphatic heterocycles. The van der Waals surface area contributed by atoms with Crippen molar-refractivity contribution >= 4 is 5.97 Å². The van der Waals surface area contributed by atoms with Crippen molar-refractivity contribution in [3.05, 3.63) is 0 Å². The number of hydrogen-bond donors (Lipinski definition) is 1. The molecule has 0 bridgehead atoms. The molecule has 120 valence electrons. The molecule has 0 heterocycles. The Morgan fingerprint density at radius 1 is 0.950 bits per heavy atom. The maximum Gasteiger partial charge on any atom is 0.305 e. The minimum absolute atomic E-state index is 0.0668. The summed E-state index contributed by atoms with van der Waals surface area (Å²) in [4.78, 5) is 11.3. The third-order valence-electron chi connectivity index (χ3n) is 3.61. The first kappa shape index (κ1) is 19.4. The third kappa shape index (κ3) is 12.5. The summed E-state index contributed by atoms with van der Waals surface area (Å²) in [6.07, 6.45) is 11.8. The fourth-order valence-corrected chi connectivity index (χ4v) is 2.40. The Morgan fingerprint density at radius 3 is 2.05 bits per heavy atom. The zero-order valence-electron chi connectivity index (χ0n) is 13.9. The van der Waals surface area contributed by atoms with Crippen molar-refractivity contribution < 1.29 is 9.53 Å². The molecule has 1 N–H and O–H groups in total. The van der Waals surface area contributed by atoms with E-state index in [1.807, 2.05) is 6.92 Å². The van der Waals surface area contributed by atoms with Crippen molar-refractivity contribution in [3.63, 3.8) is 0 Å². The zero-order chi connectivity index (χ0) is 15.1. The van der Waals surface area contributed by atoms with Gasteiger partial charge >= 0.3 is 5.97 Å². The Hall–Kier alpha value is -0.570. The van der Waals surface area contributed by atoms with E-state index in [2.05, 4.69) is 19.2 Å². The molecule has 20 heavy (non-hydrogen) atoms. The standard InChI is InChI=1S/C17H35NO2/c1-4-7-9-12-16(13-10-8-5-2)18-15-11-14-17(19)20-6-3/h16,18H,4-15H2,1-3H3. The van der Waals surface area contributed by atoms with E-state index in [9.17, 15) is 4.79 Å². The van der Waals surface area contributed by atoms with E-state index >= 15 is 0 Å². The number of unbranched alkanes of at least 4 members (excludes halogenated alkanes) is 4.